The average Bonchev–Trinajstić information content (AvgIpc) is 2.64. The maximum atomic E-state index is 12.3. The predicted molar refractivity (Wildman–Crippen MR) is 99.2 cm³/mol. The first-order valence-electron chi connectivity index (χ1n) is 8.37. The van der Waals surface area contributed by atoms with Crippen LogP contribution in [0.15, 0.2) is 48.5 Å². The second-order valence-electron chi connectivity index (χ2n) is 5.81. The normalized spacial score (nSPS) is 11.0. The van der Waals surface area contributed by atoms with Crippen LogP contribution in [-0.2, 0) is 16.1 Å². The molecule has 28 heavy (non-hydrogen) atoms. The zero-order chi connectivity index (χ0) is 20.6. The minimum Gasteiger partial charge on any atom is -0.492 e. The summed E-state index contributed by atoms with van der Waals surface area (Å²) in [7, 11) is 0. The first-order chi connectivity index (χ1) is 13.3. The van der Waals surface area contributed by atoms with E-state index in [4.69, 9.17) is 16.3 Å². The van der Waals surface area contributed by atoms with Crippen molar-refractivity contribution < 1.29 is 27.5 Å². The molecule has 0 aliphatic rings. The Morgan fingerprint density at radius 2 is 1.82 bits per heavy atom. The van der Waals surface area contributed by atoms with Gasteiger partial charge < -0.3 is 15.4 Å². The van der Waals surface area contributed by atoms with Crippen LogP contribution in [0.3, 0.4) is 0 Å². The lowest BCUT2D eigenvalue weighted by Gasteiger charge is -2.10. The van der Waals surface area contributed by atoms with E-state index in [1.165, 1.54) is 18.2 Å². The fraction of sp³-hybridized carbons (Fsp3) is 0.263. The Labute approximate surface area is 164 Å². The Hall–Kier alpha value is -2.74. The summed E-state index contributed by atoms with van der Waals surface area (Å²) in [4.78, 5) is 22.8. The molecule has 2 amide bonds. The van der Waals surface area contributed by atoms with Crippen molar-refractivity contribution in [2.45, 2.75) is 25.6 Å². The van der Waals surface area contributed by atoms with Crippen LogP contribution in [0.4, 0.5) is 18.9 Å². The average molecular weight is 415 g/mol. The lowest BCUT2D eigenvalue weighted by molar-refractivity contribution is -0.167. The number of ether oxygens (including phenoxy) is 1. The third-order valence-corrected chi connectivity index (χ3v) is 3.89. The molecule has 0 atom stereocenters. The fourth-order valence-corrected chi connectivity index (χ4v) is 2.42. The van der Waals surface area contributed by atoms with Crippen molar-refractivity contribution >= 4 is 29.1 Å². The topological polar surface area (TPSA) is 67.4 Å². The third kappa shape index (κ3) is 7.11. The van der Waals surface area contributed by atoms with Gasteiger partial charge in [-0.05, 0) is 36.2 Å². The number of rotatable bonds is 8. The quantitative estimate of drug-likeness (QED) is 0.632. The van der Waals surface area contributed by atoms with Gasteiger partial charge in [-0.2, -0.15) is 13.2 Å². The predicted octanol–water partition coefficient (Wildman–Crippen LogP) is 4.32. The molecule has 0 spiro atoms. The Bertz CT molecular complexity index is 828. The first-order valence-corrected chi connectivity index (χ1v) is 8.74. The maximum Gasteiger partial charge on any atom is 0.471 e. The molecular formula is C19H18ClF3N2O3. The van der Waals surface area contributed by atoms with Crippen molar-refractivity contribution in [3.05, 3.63) is 59.1 Å². The van der Waals surface area contributed by atoms with Crippen LogP contribution in [0.5, 0.6) is 5.75 Å². The van der Waals surface area contributed by atoms with Gasteiger partial charge in [0.25, 0.3) is 0 Å². The van der Waals surface area contributed by atoms with Crippen LogP contribution in [0.2, 0.25) is 5.02 Å². The van der Waals surface area contributed by atoms with E-state index in [-0.39, 0.29) is 24.6 Å². The van der Waals surface area contributed by atoms with Crippen molar-refractivity contribution in [2.75, 3.05) is 11.9 Å². The van der Waals surface area contributed by atoms with E-state index < -0.39 is 12.1 Å². The van der Waals surface area contributed by atoms with Gasteiger partial charge in [0, 0.05) is 18.7 Å². The number of carbonyl (C=O) groups is 2. The molecule has 0 saturated heterocycles. The monoisotopic (exact) mass is 414 g/mol. The van der Waals surface area contributed by atoms with Crippen LogP contribution in [0, 0.1) is 0 Å². The van der Waals surface area contributed by atoms with Gasteiger partial charge in [0.05, 0.1) is 11.6 Å². The number of para-hydroxylation sites is 1. The molecule has 2 N–H and O–H groups in total. The number of alkyl halides is 3. The van der Waals surface area contributed by atoms with E-state index in [2.05, 4.69) is 5.32 Å². The summed E-state index contributed by atoms with van der Waals surface area (Å²) in [5.41, 5.74) is 0.558. The fourth-order valence-electron chi connectivity index (χ4n) is 2.23. The van der Waals surface area contributed by atoms with Gasteiger partial charge in [-0.15, -0.1) is 0 Å². The van der Waals surface area contributed by atoms with E-state index in [0.29, 0.717) is 29.4 Å². The SMILES string of the molecule is O=C(CCCOc1ccccc1Cl)NCc1cccc(NC(=O)C(F)(F)F)c1. The minimum absolute atomic E-state index is 0.00205. The molecular weight excluding hydrogens is 397 g/mol. The van der Waals surface area contributed by atoms with E-state index >= 15 is 0 Å². The van der Waals surface area contributed by atoms with Crippen LogP contribution in [-0.4, -0.2) is 24.6 Å². The second-order valence-corrected chi connectivity index (χ2v) is 6.22. The summed E-state index contributed by atoms with van der Waals surface area (Å²) in [6.45, 7) is 0.441. The van der Waals surface area contributed by atoms with E-state index in [0.717, 1.165) is 0 Å². The van der Waals surface area contributed by atoms with E-state index in [1.807, 2.05) is 0 Å². The zero-order valence-electron chi connectivity index (χ0n) is 14.7. The van der Waals surface area contributed by atoms with Crippen LogP contribution < -0.4 is 15.4 Å². The van der Waals surface area contributed by atoms with Crippen molar-refractivity contribution in [2.24, 2.45) is 0 Å². The van der Waals surface area contributed by atoms with Crippen molar-refractivity contribution in [3.8, 4) is 5.75 Å². The molecule has 9 heteroatoms. The summed E-state index contributed by atoms with van der Waals surface area (Å²) < 4.78 is 42.3. The third-order valence-electron chi connectivity index (χ3n) is 3.57. The van der Waals surface area contributed by atoms with Crippen LogP contribution in [0.25, 0.3) is 0 Å². The summed E-state index contributed by atoms with van der Waals surface area (Å²) >= 11 is 5.96. The summed E-state index contributed by atoms with van der Waals surface area (Å²) in [6, 6.07) is 12.8. The molecule has 0 saturated carbocycles. The van der Waals surface area contributed by atoms with E-state index in [1.54, 1.807) is 35.6 Å². The van der Waals surface area contributed by atoms with Crippen LogP contribution in [0.1, 0.15) is 18.4 Å². The standard InChI is InChI=1S/C19H18ClF3N2O3/c20-15-7-1-2-8-16(15)28-10-4-9-17(26)24-12-13-5-3-6-14(11-13)25-18(27)19(21,22)23/h1-3,5-8,11H,4,9-10,12H2,(H,24,26)(H,25,27). The molecule has 0 fully saturated rings. The number of hydrogen-bond donors (Lipinski definition) is 2. The smallest absolute Gasteiger partial charge is 0.471 e. The van der Waals surface area contributed by atoms with Crippen molar-refractivity contribution in [3.63, 3.8) is 0 Å². The highest BCUT2D eigenvalue weighted by molar-refractivity contribution is 6.32. The number of anilines is 1. The second kappa shape index (κ2) is 9.98. The Morgan fingerprint density at radius 3 is 2.54 bits per heavy atom. The Kier molecular flexibility index (Phi) is 7.69. The number of benzene rings is 2. The van der Waals surface area contributed by atoms with Gasteiger partial charge >= 0.3 is 12.1 Å². The number of hydrogen-bond acceptors (Lipinski definition) is 3. The molecule has 0 aliphatic carbocycles. The number of carbonyl (C=O) groups excluding carboxylic acids is 2. The van der Waals surface area contributed by atoms with Gasteiger partial charge in [-0.25, -0.2) is 0 Å². The van der Waals surface area contributed by atoms with Crippen molar-refractivity contribution in [1.82, 2.24) is 5.32 Å². The molecule has 0 unspecified atom stereocenters. The zero-order valence-corrected chi connectivity index (χ0v) is 15.4. The van der Waals surface area contributed by atoms with Gasteiger partial charge in [-0.3, -0.25) is 9.59 Å². The summed E-state index contributed by atoms with van der Waals surface area (Å²) in [5, 5.41) is 4.92. The minimum atomic E-state index is -4.96. The van der Waals surface area contributed by atoms with Gasteiger partial charge in [0.15, 0.2) is 0 Å². The van der Waals surface area contributed by atoms with Crippen molar-refractivity contribution in [1.29, 1.82) is 0 Å². The summed E-state index contributed by atoms with van der Waals surface area (Å²) in [5.74, 6) is -1.73. The van der Waals surface area contributed by atoms with E-state index in [9.17, 15) is 22.8 Å². The number of halogens is 4. The molecule has 0 bridgehead atoms. The number of amides is 2. The number of nitrogens with one attached hydrogen (secondary N) is 2. The molecule has 2 rings (SSSR count). The van der Waals surface area contributed by atoms with Gasteiger partial charge in [-0.1, -0.05) is 35.9 Å². The molecule has 5 nitrogen and oxygen atoms in total. The molecule has 2 aromatic rings. The lowest BCUT2D eigenvalue weighted by Crippen LogP contribution is -2.30. The van der Waals surface area contributed by atoms with Gasteiger partial charge in [0.1, 0.15) is 5.75 Å². The molecule has 0 aliphatic heterocycles. The maximum absolute atomic E-state index is 12.3. The first kappa shape index (κ1) is 21.6. The Balaban J connectivity index is 1.73. The molecule has 2 aromatic carbocycles. The summed E-state index contributed by atoms with van der Waals surface area (Å²) in [6.07, 6.45) is -4.27. The molecule has 0 aromatic heterocycles. The molecule has 0 radical (unpaired) electrons. The van der Waals surface area contributed by atoms with Crippen LogP contribution >= 0.6 is 11.6 Å². The Morgan fingerprint density at radius 1 is 1.07 bits per heavy atom. The molecule has 0 heterocycles. The van der Waals surface area contributed by atoms with Gasteiger partial charge in [0.2, 0.25) is 5.91 Å². The molecule has 150 valence electrons. The highest BCUT2D eigenvalue weighted by Gasteiger charge is 2.38. The highest BCUT2D eigenvalue weighted by Crippen LogP contribution is 2.23. The highest BCUT2D eigenvalue weighted by atomic mass is 35.5. The lowest BCUT2D eigenvalue weighted by atomic mass is 10.2. The largest absolute Gasteiger partial charge is 0.492 e.